The van der Waals surface area contributed by atoms with Crippen LogP contribution in [-0.2, 0) is 6.54 Å². The van der Waals surface area contributed by atoms with Crippen molar-refractivity contribution in [3.05, 3.63) is 46.1 Å². The Morgan fingerprint density at radius 1 is 1.17 bits per heavy atom. The molecule has 1 saturated heterocycles. The lowest BCUT2D eigenvalue weighted by atomic mass is 9.85. The van der Waals surface area contributed by atoms with Gasteiger partial charge in [-0.25, -0.2) is 4.98 Å². The third-order valence-electron chi connectivity index (χ3n) is 6.69. The van der Waals surface area contributed by atoms with Crippen LogP contribution in [0.1, 0.15) is 37.7 Å². The Labute approximate surface area is 206 Å². The average Bonchev–Trinajstić information content (AvgIpc) is 3.27. The number of nitrogens with zero attached hydrogens (tertiary/aromatic N) is 4. The van der Waals surface area contributed by atoms with E-state index >= 15 is 0 Å². The van der Waals surface area contributed by atoms with Crippen molar-refractivity contribution in [3.63, 3.8) is 0 Å². The molecular weight excluding hydrogens is 481 g/mol. The molecule has 1 unspecified atom stereocenters. The summed E-state index contributed by atoms with van der Waals surface area (Å²) in [7, 11) is 0. The molecule has 1 saturated carbocycles. The number of aliphatic hydroxyl groups excluding tert-OH is 1. The van der Waals surface area contributed by atoms with Crippen LogP contribution in [0.15, 0.2) is 30.5 Å². The molecule has 3 N–H and O–H groups in total. The summed E-state index contributed by atoms with van der Waals surface area (Å²) in [5.41, 5.74) is -0.0466. The molecule has 1 atom stereocenters. The Balaban J connectivity index is 1.35. The molecule has 2 heterocycles. The summed E-state index contributed by atoms with van der Waals surface area (Å²) in [6.45, 7) is 2.08. The number of nitro groups is 1. The average molecular weight is 511 g/mol. The van der Waals surface area contributed by atoms with Crippen molar-refractivity contribution in [3.8, 4) is 5.75 Å². The fourth-order valence-corrected chi connectivity index (χ4v) is 4.83. The molecule has 13 heteroatoms. The standard InChI is InChI=1S/C23H29F3N6O4/c24-23(25,26)36-20-4-2-1-3-16(20)12-28-22-29-13-19(32(34)35)21(30-22)27-11-15-5-7-17(8-6-15)31-10-9-18(33)14-31/h1-4,13,15,17-18,33H,5-12,14H2,(H2,27,28,29,30)/t15-,17-,18?. The summed E-state index contributed by atoms with van der Waals surface area (Å²) < 4.78 is 42.0. The number of hydrogen-bond donors (Lipinski definition) is 3. The number of hydrogen-bond acceptors (Lipinski definition) is 9. The smallest absolute Gasteiger partial charge is 0.405 e. The van der Waals surface area contributed by atoms with Gasteiger partial charge in [0, 0.05) is 37.8 Å². The first kappa shape index (κ1) is 25.9. The molecule has 0 amide bonds. The Morgan fingerprint density at radius 3 is 2.58 bits per heavy atom. The Morgan fingerprint density at radius 2 is 1.92 bits per heavy atom. The van der Waals surface area contributed by atoms with Gasteiger partial charge in [0.25, 0.3) is 0 Å². The molecule has 1 aromatic carbocycles. The SMILES string of the molecule is O=[N+]([O-])c1cnc(NCc2ccccc2OC(F)(F)F)nc1NC[C@H]1CC[C@H](N2CCC(O)C2)CC1. The fraction of sp³-hybridized carbons (Fsp3) is 0.565. The monoisotopic (exact) mass is 510 g/mol. The number of benzene rings is 1. The molecule has 2 fully saturated rings. The summed E-state index contributed by atoms with van der Waals surface area (Å²) in [4.78, 5) is 21.4. The van der Waals surface area contributed by atoms with Crippen molar-refractivity contribution in [2.45, 2.75) is 57.2 Å². The minimum atomic E-state index is -4.83. The first-order valence-electron chi connectivity index (χ1n) is 11.9. The van der Waals surface area contributed by atoms with Crippen molar-refractivity contribution < 1.29 is 27.9 Å². The lowest BCUT2D eigenvalue weighted by Gasteiger charge is -2.34. The lowest BCUT2D eigenvalue weighted by molar-refractivity contribution is -0.384. The molecule has 0 bridgehead atoms. The summed E-state index contributed by atoms with van der Waals surface area (Å²) in [6.07, 6.45) is 0.770. The summed E-state index contributed by atoms with van der Waals surface area (Å²) in [5, 5.41) is 27.1. The first-order chi connectivity index (χ1) is 17.2. The van der Waals surface area contributed by atoms with Gasteiger partial charge in [-0.3, -0.25) is 15.0 Å². The van der Waals surface area contributed by atoms with Crippen LogP contribution in [0.2, 0.25) is 0 Å². The molecule has 4 rings (SSSR count). The molecule has 196 valence electrons. The van der Waals surface area contributed by atoms with E-state index in [9.17, 15) is 28.4 Å². The second-order valence-corrected chi connectivity index (χ2v) is 9.19. The topological polar surface area (TPSA) is 126 Å². The van der Waals surface area contributed by atoms with Crippen molar-refractivity contribution in [2.24, 2.45) is 5.92 Å². The van der Waals surface area contributed by atoms with Gasteiger partial charge >= 0.3 is 12.0 Å². The molecule has 10 nitrogen and oxygen atoms in total. The third kappa shape index (κ3) is 6.94. The molecule has 36 heavy (non-hydrogen) atoms. The van der Waals surface area contributed by atoms with E-state index in [4.69, 9.17) is 0 Å². The predicted molar refractivity (Wildman–Crippen MR) is 126 cm³/mol. The van der Waals surface area contributed by atoms with E-state index in [-0.39, 0.29) is 41.4 Å². The van der Waals surface area contributed by atoms with Crippen LogP contribution >= 0.6 is 0 Å². The minimum absolute atomic E-state index is 0.0428. The minimum Gasteiger partial charge on any atom is -0.405 e. The van der Waals surface area contributed by atoms with Crippen LogP contribution in [0.25, 0.3) is 0 Å². The van der Waals surface area contributed by atoms with Gasteiger partial charge in [0.15, 0.2) is 0 Å². The van der Waals surface area contributed by atoms with Gasteiger partial charge in [-0.1, -0.05) is 18.2 Å². The lowest BCUT2D eigenvalue weighted by Crippen LogP contribution is -2.38. The molecule has 1 aromatic heterocycles. The number of likely N-dealkylation sites (tertiary alicyclic amines) is 1. The maximum atomic E-state index is 12.7. The van der Waals surface area contributed by atoms with Gasteiger partial charge in [-0.05, 0) is 44.1 Å². The molecule has 1 aliphatic carbocycles. The van der Waals surface area contributed by atoms with Crippen LogP contribution < -0.4 is 15.4 Å². The number of anilines is 2. The highest BCUT2D eigenvalue weighted by atomic mass is 19.4. The van der Waals surface area contributed by atoms with Crippen molar-refractivity contribution >= 4 is 17.5 Å². The van der Waals surface area contributed by atoms with Gasteiger partial charge in [-0.2, -0.15) is 4.98 Å². The van der Waals surface area contributed by atoms with Crippen molar-refractivity contribution in [1.82, 2.24) is 14.9 Å². The van der Waals surface area contributed by atoms with Crippen LogP contribution in [0.4, 0.5) is 30.6 Å². The van der Waals surface area contributed by atoms with E-state index in [2.05, 4.69) is 30.2 Å². The van der Waals surface area contributed by atoms with E-state index in [0.29, 0.717) is 18.5 Å². The molecule has 0 spiro atoms. The Hall–Kier alpha value is -3.19. The van der Waals surface area contributed by atoms with Gasteiger partial charge in [0.1, 0.15) is 11.9 Å². The summed E-state index contributed by atoms with van der Waals surface area (Å²) in [5.74, 6) is 0.0753. The van der Waals surface area contributed by atoms with Crippen molar-refractivity contribution in [1.29, 1.82) is 0 Å². The summed E-state index contributed by atoms with van der Waals surface area (Å²) in [6, 6.07) is 6.14. The fourth-order valence-electron chi connectivity index (χ4n) is 4.83. The summed E-state index contributed by atoms with van der Waals surface area (Å²) >= 11 is 0. The highest BCUT2D eigenvalue weighted by molar-refractivity contribution is 5.57. The van der Waals surface area contributed by atoms with Crippen molar-refractivity contribution in [2.75, 3.05) is 30.3 Å². The van der Waals surface area contributed by atoms with Crippen LogP contribution in [-0.4, -0.2) is 63.0 Å². The van der Waals surface area contributed by atoms with Crippen LogP contribution in [0.5, 0.6) is 5.75 Å². The van der Waals surface area contributed by atoms with E-state index in [1.165, 1.54) is 18.2 Å². The second-order valence-electron chi connectivity index (χ2n) is 9.19. The number of halogens is 3. The quantitative estimate of drug-likeness (QED) is 0.340. The number of nitrogens with one attached hydrogen (secondary N) is 2. The van der Waals surface area contributed by atoms with Crippen LogP contribution in [0.3, 0.4) is 0 Å². The van der Waals surface area contributed by atoms with Gasteiger partial charge < -0.3 is 20.5 Å². The van der Waals surface area contributed by atoms with Gasteiger partial charge in [0.05, 0.1) is 11.0 Å². The molecule has 1 aliphatic heterocycles. The number of aromatic nitrogens is 2. The number of alkyl halides is 3. The zero-order chi connectivity index (χ0) is 25.7. The first-order valence-corrected chi connectivity index (χ1v) is 11.9. The molecule has 2 aliphatic rings. The highest BCUT2D eigenvalue weighted by Gasteiger charge is 2.32. The Bertz CT molecular complexity index is 1050. The molecule has 2 aromatic rings. The number of para-hydroxylation sites is 1. The number of β-amino-alcohol motifs (C(OH)–C–C–N with tert-alkyl or cyclic N) is 1. The third-order valence-corrected chi connectivity index (χ3v) is 6.69. The maximum Gasteiger partial charge on any atom is 0.573 e. The zero-order valence-electron chi connectivity index (χ0n) is 19.6. The van der Waals surface area contributed by atoms with E-state index in [0.717, 1.165) is 51.4 Å². The molecular formula is C23H29F3N6O4. The normalized spacial score (nSPS) is 22.8. The highest BCUT2D eigenvalue weighted by Crippen LogP contribution is 2.31. The number of ether oxygens (including phenoxy) is 1. The second kappa shape index (κ2) is 11.2. The number of rotatable bonds is 9. The largest absolute Gasteiger partial charge is 0.573 e. The Kier molecular flexibility index (Phi) is 8.09. The van der Waals surface area contributed by atoms with Crippen LogP contribution in [0, 0.1) is 16.0 Å². The van der Waals surface area contributed by atoms with Gasteiger partial charge in [0.2, 0.25) is 11.8 Å². The van der Waals surface area contributed by atoms with Gasteiger partial charge in [-0.15, -0.1) is 13.2 Å². The van der Waals surface area contributed by atoms with E-state index < -0.39 is 11.3 Å². The predicted octanol–water partition coefficient (Wildman–Crippen LogP) is 3.93. The van der Waals surface area contributed by atoms with E-state index in [1.807, 2.05) is 0 Å². The zero-order valence-corrected chi connectivity index (χ0v) is 19.6. The molecule has 0 radical (unpaired) electrons. The number of aliphatic hydroxyl groups is 1. The maximum absolute atomic E-state index is 12.7. The van der Waals surface area contributed by atoms with E-state index in [1.54, 1.807) is 6.07 Å².